The first kappa shape index (κ1) is 13.2. The highest BCUT2D eigenvalue weighted by molar-refractivity contribution is 5.79. The molecule has 2 N–H and O–H groups in total. The summed E-state index contributed by atoms with van der Waals surface area (Å²) < 4.78 is 0. The zero-order chi connectivity index (χ0) is 14.8. The lowest BCUT2D eigenvalue weighted by atomic mass is 10.1. The Balaban J connectivity index is 1.81. The maximum Gasteiger partial charge on any atom is 0.104 e. The number of nitriles is 1. The Morgan fingerprint density at radius 3 is 2.67 bits per heavy atom. The Morgan fingerprint density at radius 1 is 1.19 bits per heavy atom. The normalized spacial score (nSPS) is 12.0. The first-order valence-corrected chi connectivity index (χ1v) is 6.88. The molecule has 0 saturated heterocycles. The van der Waals surface area contributed by atoms with Gasteiger partial charge in [-0.1, -0.05) is 12.1 Å². The van der Waals surface area contributed by atoms with Gasteiger partial charge in [-0.05, 0) is 49.7 Å². The number of aryl methyl sites for hydroxylation is 1. The Bertz CT molecular complexity index is 809. The molecule has 0 aliphatic heterocycles. The molecule has 4 heteroatoms. The number of imidazole rings is 1. The van der Waals surface area contributed by atoms with Crippen molar-refractivity contribution in [2.24, 2.45) is 0 Å². The third kappa shape index (κ3) is 2.72. The molecule has 21 heavy (non-hydrogen) atoms. The van der Waals surface area contributed by atoms with Gasteiger partial charge in [0, 0.05) is 11.7 Å². The number of nitrogens with one attached hydrogen (secondary N) is 2. The van der Waals surface area contributed by atoms with Crippen LogP contribution < -0.4 is 5.32 Å². The standard InChI is InChI=1S/C17H16N4/c1-11(14-5-3-13(10-18)4-6-14)19-15-7-8-16-17(9-15)21-12(2)20-16/h3-9,11,19H,1-2H3,(H,20,21). The fourth-order valence-electron chi connectivity index (χ4n) is 2.41. The summed E-state index contributed by atoms with van der Waals surface area (Å²) in [5.41, 5.74) is 4.88. The largest absolute Gasteiger partial charge is 0.378 e. The number of hydrogen-bond donors (Lipinski definition) is 2. The average molecular weight is 276 g/mol. The van der Waals surface area contributed by atoms with Gasteiger partial charge in [-0.2, -0.15) is 5.26 Å². The van der Waals surface area contributed by atoms with Crippen molar-refractivity contribution in [2.75, 3.05) is 5.32 Å². The minimum absolute atomic E-state index is 0.166. The molecule has 1 aromatic heterocycles. The quantitative estimate of drug-likeness (QED) is 0.762. The Morgan fingerprint density at radius 2 is 1.95 bits per heavy atom. The molecule has 0 amide bonds. The number of nitrogens with zero attached hydrogens (tertiary/aromatic N) is 2. The van der Waals surface area contributed by atoms with Crippen LogP contribution in [0.3, 0.4) is 0 Å². The smallest absolute Gasteiger partial charge is 0.104 e. The molecule has 1 heterocycles. The molecule has 1 unspecified atom stereocenters. The fraction of sp³-hybridized carbons (Fsp3) is 0.176. The molecule has 0 aliphatic carbocycles. The van der Waals surface area contributed by atoms with E-state index in [1.807, 2.05) is 43.3 Å². The predicted octanol–water partition coefficient (Wildman–Crippen LogP) is 3.92. The highest BCUT2D eigenvalue weighted by Crippen LogP contribution is 2.22. The van der Waals surface area contributed by atoms with Crippen molar-refractivity contribution >= 4 is 16.7 Å². The summed E-state index contributed by atoms with van der Waals surface area (Å²) in [5, 5.41) is 12.3. The zero-order valence-electron chi connectivity index (χ0n) is 12.0. The van der Waals surface area contributed by atoms with Gasteiger partial charge >= 0.3 is 0 Å². The lowest BCUT2D eigenvalue weighted by Gasteiger charge is -2.15. The molecule has 2 aromatic carbocycles. The lowest BCUT2D eigenvalue weighted by molar-refractivity contribution is 0.885. The van der Waals surface area contributed by atoms with Gasteiger partial charge in [0.25, 0.3) is 0 Å². The van der Waals surface area contributed by atoms with Crippen molar-refractivity contribution in [1.29, 1.82) is 5.26 Å². The van der Waals surface area contributed by atoms with Crippen LogP contribution in [0.25, 0.3) is 11.0 Å². The second kappa shape index (κ2) is 5.29. The van der Waals surface area contributed by atoms with Gasteiger partial charge in [0.2, 0.25) is 0 Å². The number of aromatic nitrogens is 2. The van der Waals surface area contributed by atoms with Gasteiger partial charge in [-0.15, -0.1) is 0 Å². The molecule has 0 fully saturated rings. The lowest BCUT2D eigenvalue weighted by Crippen LogP contribution is -2.06. The maximum atomic E-state index is 8.83. The molecule has 0 radical (unpaired) electrons. The number of hydrogen-bond acceptors (Lipinski definition) is 3. The minimum Gasteiger partial charge on any atom is -0.378 e. The topological polar surface area (TPSA) is 64.5 Å². The molecule has 0 saturated carbocycles. The average Bonchev–Trinajstić information content (AvgIpc) is 2.86. The van der Waals surface area contributed by atoms with E-state index >= 15 is 0 Å². The fourth-order valence-corrected chi connectivity index (χ4v) is 2.41. The first-order valence-electron chi connectivity index (χ1n) is 6.88. The summed E-state index contributed by atoms with van der Waals surface area (Å²) in [5.74, 6) is 0.919. The summed E-state index contributed by atoms with van der Waals surface area (Å²) in [6, 6.07) is 16.0. The summed E-state index contributed by atoms with van der Waals surface area (Å²) >= 11 is 0. The molecule has 104 valence electrons. The minimum atomic E-state index is 0.166. The summed E-state index contributed by atoms with van der Waals surface area (Å²) in [6.07, 6.45) is 0. The third-order valence-electron chi connectivity index (χ3n) is 3.52. The molecule has 4 nitrogen and oxygen atoms in total. The van der Waals surface area contributed by atoms with E-state index < -0.39 is 0 Å². The predicted molar refractivity (Wildman–Crippen MR) is 84.0 cm³/mol. The van der Waals surface area contributed by atoms with Crippen molar-refractivity contribution < 1.29 is 0 Å². The van der Waals surface area contributed by atoms with Gasteiger partial charge in [0.05, 0.1) is 22.7 Å². The molecular weight excluding hydrogens is 260 g/mol. The van der Waals surface area contributed by atoms with Gasteiger partial charge in [-0.3, -0.25) is 0 Å². The highest BCUT2D eigenvalue weighted by Gasteiger charge is 2.07. The number of rotatable bonds is 3. The van der Waals surface area contributed by atoms with Gasteiger partial charge in [0.15, 0.2) is 0 Å². The summed E-state index contributed by atoms with van der Waals surface area (Å²) in [4.78, 5) is 7.64. The molecule has 0 bridgehead atoms. The monoisotopic (exact) mass is 276 g/mol. The number of anilines is 1. The SMILES string of the molecule is Cc1nc2ccc(NC(C)c3ccc(C#N)cc3)cc2[nH]1. The van der Waals surface area contributed by atoms with Gasteiger partial charge in [0.1, 0.15) is 5.82 Å². The highest BCUT2D eigenvalue weighted by atomic mass is 14.9. The first-order chi connectivity index (χ1) is 10.2. The van der Waals surface area contributed by atoms with E-state index in [0.717, 1.165) is 28.1 Å². The van der Waals surface area contributed by atoms with Gasteiger partial charge in [-0.25, -0.2) is 4.98 Å². The molecule has 0 aliphatic rings. The Kier molecular flexibility index (Phi) is 3.33. The van der Waals surface area contributed by atoms with Crippen LogP contribution in [-0.2, 0) is 0 Å². The Hall–Kier alpha value is -2.80. The number of H-pyrrole nitrogens is 1. The van der Waals surface area contributed by atoms with Crippen molar-refractivity contribution in [2.45, 2.75) is 19.9 Å². The van der Waals surface area contributed by atoms with E-state index in [4.69, 9.17) is 5.26 Å². The van der Waals surface area contributed by atoms with E-state index in [0.29, 0.717) is 5.56 Å². The van der Waals surface area contributed by atoms with Crippen LogP contribution in [0.1, 0.15) is 29.9 Å². The van der Waals surface area contributed by atoms with Crippen LogP contribution in [0.4, 0.5) is 5.69 Å². The van der Waals surface area contributed by atoms with Crippen LogP contribution >= 0.6 is 0 Å². The number of aromatic amines is 1. The van der Waals surface area contributed by atoms with Crippen LogP contribution in [0, 0.1) is 18.3 Å². The van der Waals surface area contributed by atoms with Crippen molar-refractivity contribution in [3.8, 4) is 6.07 Å². The van der Waals surface area contributed by atoms with E-state index in [2.05, 4.69) is 34.3 Å². The van der Waals surface area contributed by atoms with Crippen LogP contribution in [0.5, 0.6) is 0 Å². The molecule has 0 spiro atoms. The van der Waals surface area contributed by atoms with E-state index in [1.165, 1.54) is 0 Å². The summed E-state index contributed by atoms with van der Waals surface area (Å²) in [7, 11) is 0. The van der Waals surface area contributed by atoms with Crippen LogP contribution in [0.15, 0.2) is 42.5 Å². The second-order valence-electron chi connectivity index (χ2n) is 5.15. The van der Waals surface area contributed by atoms with E-state index in [-0.39, 0.29) is 6.04 Å². The third-order valence-corrected chi connectivity index (χ3v) is 3.52. The zero-order valence-corrected chi connectivity index (χ0v) is 12.0. The number of fused-ring (bicyclic) bond motifs is 1. The van der Waals surface area contributed by atoms with E-state index in [1.54, 1.807) is 0 Å². The molecule has 3 rings (SSSR count). The second-order valence-corrected chi connectivity index (χ2v) is 5.15. The number of benzene rings is 2. The molecule has 3 aromatic rings. The van der Waals surface area contributed by atoms with Crippen LogP contribution in [0.2, 0.25) is 0 Å². The van der Waals surface area contributed by atoms with Crippen molar-refractivity contribution in [3.63, 3.8) is 0 Å². The van der Waals surface area contributed by atoms with E-state index in [9.17, 15) is 0 Å². The molecular formula is C17H16N4. The Labute approximate surface area is 123 Å². The van der Waals surface area contributed by atoms with Crippen LogP contribution in [-0.4, -0.2) is 9.97 Å². The van der Waals surface area contributed by atoms with Gasteiger partial charge < -0.3 is 10.3 Å². The van der Waals surface area contributed by atoms with Crippen molar-refractivity contribution in [1.82, 2.24) is 9.97 Å². The maximum absolute atomic E-state index is 8.83. The van der Waals surface area contributed by atoms with Crippen molar-refractivity contribution in [3.05, 3.63) is 59.4 Å². The molecule has 1 atom stereocenters. The summed E-state index contributed by atoms with van der Waals surface area (Å²) in [6.45, 7) is 4.05.